The number of carbonyl (C=O) groups excluding carboxylic acids is 4. The smallest absolute Gasteiger partial charge is 0.305 e. The number of nitrogens with zero attached hydrogens (tertiary/aromatic N) is 2. The Kier molecular flexibility index (Phi) is 7.19. The molecule has 10 heteroatoms. The van der Waals surface area contributed by atoms with E-state index in [0.29, 0.717) is 25.7 Å². The van der Waals surface area contributed by atoms with Crippen molar-refractivity contribution in [3.8, 4) is 0 Å². The third-order valence-electron chi connectivity index (χ3n) is 4.34. The first-order valence-electron chi connectivity index (χ1n) is 8.83. The van der Waals surface area contributed by atoms with Crippen molar-refractivity contribution < 1.29 is 29.1 Å². The molecular weight excluding hydrogens is 368 g/mol. The van der Waals surface area contributed by atoms with E-state index >= 15 is 0 Å². The standard InChI is InChI=1S/C18H22N4O6/c1-11(20-16(26)13-5-2-3-7-19-13)18(28)22-8-4-6-14(22)17(27)21-12(10-23)9-15(24)25/h2-3,5,7,10-12,14H,4,6,8-9H2,1H3,(H,20,26)(H,21,27)(H,24,25). The van der Waals surface area contributed by atoms with Crippen LogP contribution in [0.1, 0.15) is 36.7 Å². The molecule has 28 heavy (non-hydrogen) atoms. The predicted molar refractivity (Wildman–Crippen MR) is 96.1 cm³/mol. The Morgan fingerprint density at radius 3 is 2.68 bits per heavy atom. The molecule has 2 heterocycles. The molecule has 0 aromatic carbocycles. The van der Waals surface area contributed by atoms with Gasteiger partial charge in [-0.1, -0.05) is 6.07 Å². The number of amides is 3. The van der Waals surface area contributed by atoms with Crippen LogP contribution in [0, 0.1) is 0 Å². The van der Waals surface area contributed by atoms with Crippen molar-refractivity contribution in [3.63, 3.8) is 0 Å². The van der Waals surface area contributed by atoms with Crippen LogP contribution in [0.25, 0.3) is 0 Å². The number of carboxylic acid groups (broad SMARTS) is 1. The van der Waals surface area contributed by atoms with Crippen molar-refractivity contribution in [1.82, 2.24) is 20.5 Å². The molecule has 2 rings (SSSR count). The number of aliphatic carboxylic acids is 1. The lowest BCUT2D eigenvalue weighted by Crippen LogP contribution is -2.54. The summed E-state index contributed by atoms with van der Waals surface area (Å²) in [6, 6.07) is 1.96. The number of carbonyl (C=O) groups is 5. The van der Waals surface area contributed by atoms with Gasteiger partial charge in [0, 0.05) is 12.7 Å². The molecule has 150 valence electrons. The highest BCUT2D eigenvalue weighted by Crippen LogP contribution is 2.19. The molecule has 1 fully saturated rings. The first-order chi connectivity index (χ1) is 13.3. The Morgan fingerprint density at radius 1 is 1.32 bits per heavy atom. The normalized spacial score (nSPS) is 18.0. The lowest BCUT2D eigenvalue weighted by Gasteiger charge is -2.27. The Labute approximate surface area is 161 Å². The van der Waals surface area contributed by atoms with Gasteiger partial charge in [-0.25, -0.2) is 0 Å². The number of rotatable bonds is 8. The average molecular weight is 390 g/mol. The van der Waals surface area contributed by atoms with Gasteiger partial charge < -0.3 is 25.4 Å². The second-order valence-electron chi connectivity index (χ2n) is 6.45. The number of aldehydes is 1. The summed E-state index contributed by atoms with van der Waals surface area (Å²) < 4.78 is 0. The summed E-state index contributed by atoms with van der Waals surface area (Å²) in [5, 5.41) is 13.7. The summed E-state index contributed by atoms with van der Waals surface area (Å²) in [4.78, 5) is 64.2. The molecule has 3 unspecified atom stereocenters. The van der Waals surface area contributed by atoms with Crippen molar-refractivity contribution in [2.45, 2.75) is 44.3 Å². The van der Waals surface area contributed by atoms with E-state index in [0.717, 1.165) is 0 Å². The minimum Gasteiger partial charge on any atom is -0.481 e. The number of hydrogen-bond donors (Lipinski definition) is 3. The van der Waals surface area contributed by atoms with Crippen LogP contribution in [0.4, 0.5) is 0 Å². The van der Waals surface area contributed by atoms with Gasteiger partial charge in [0.05, 0.1) is 12.5 Å². The zero-order valence-electron chi connectivity index (χ0n) is 15.3. The molecule has 3 amide bonds. The molecule has 10 nitrogen and oxygen atoms in total. The summed E-state index contributed by atoms with van der Waals surface area (Å²) in [6.45, 7) is 1.83. The van der Waals surface area contributed by atoms with E-state index in [2.05, 4.69) is 15.6 Å². The number of nitrogens with one attached hydrogen (secondary N) is 2. The molecule has 1 aromatic rings. The number of likely N-dealkylation sites (tertiary alicyclic amines) is 1. The number of aromatic nitrogens is 1. The van der Waals surface area contributed by atoms with E-state index in [1.165, 1.54) is 24.1 Å². The van der Waals surface area contributed by atoms with Crippen LogP contribution in [-0.2, 0) is 19.2 Å². The third kappa shape index (κ3) is 5.35. The Balaban J connectivity index is 1.99. The van der Waals surface area contributed by atoms with Gasteiger partial charge in [0.1, 0.15) is 24.1 Å². The van der Waals surface area contributed by atoms with Crippen LogP contribution < -0.4 is 10.6 Å². The van der Waals surface area contributed by atoms with E-state index < -0.39 is 48.2 Å². The fraction of sp³-hybridized carbons (Fsp3) is 0.444. The number of hydrogen-bond acceptors (Lipinski definition) is 6. The van der Waals surface area contributed by atoms with Crippen molar-refractivity contribution in [1.29, 1.82) is 0 Å². The maximum Gasteiger partial charge on any atom is 0.305 e. The summed E-state index contributed by atoms with van der Waals surface area (Å²) in [5.74, 6) is -2.76. The van der Waals surface area contributed by atoms with Crippen LogP contribution in [-0.4, -0.2) is 69.6 Å². The summed E-state index contributed by atoms with van der Waals surface area (Å²) in [7, 11) is 0. The zero-order valence-corrected chi connectivity index (χ0v) is 15.3. The van der Waals surface area contributed by atoms with Gasteiger partial charge in [0.2, 0.25) is 11.8 Å². The fourth-order valence-electron chi connectivity index (χ4n) is 2.98. The van der Waals surface area contributed by atoms with Crippen LogP contribution in [0.2, 0.25) is 0 Å². The second-order valence-corrected chi connectivity index (χ2v) is 6.45. The van der Waals surface area contributed by atoms with Gasteiger partial charge in [-0.05, 0) is 31.9 Å². The highest BCUT2D eigenvalue weighted by Gasteiger charge is 2.37. The number of carboxylic acids is 1. The molecule has 0 radical (unpaired) electrons. The molecule has 0 bridgehead atoms. The molecule has 1 saturated heterocycles. The van der Waals surface area contributed by atoms with E-state index in [-0.39, 0.29) is 5.69 Å². The molecule has 3 N–H and O–H groups in total. The van der Waals surface area contributed by atoms with E-state index in [4.69, 9.17) is 5.11 Å². The maximum atomic E-state index is 12.7. The zero-order chi connectivity index (χ0) is 20.7. The van der Waals surface area contributed by atoms with Gasteiger partial charge in [-0.2, -0.15) is 0 Å². The first kappa shape index (κ1) is 21.0. The summed E-state index contributed by atoms with van der Waals surface area (Å²) in [5.41, 5.74) is 0.167. The van der Waals surface area contributed by atoms with Gasteiger partial charge in [0.15, 0.2) is 0 Å². The van der Waals surface area contributed by atoms with Crippen molar-refractivity contribution in [3.05, 3.63) is 30.1 Å². The lowest BCUT2D eigenvalue weighted by atomic mass is 10.1. The predicted octanol–water partition coefficient (Wildman–Crippen LogP) is -0.651. The molecule has 1 aliphatic heterocycles. The second kappa shape index (κ2) is 9.58. The Bertz CT molecular complexity index is 754. The molecule has 1 aromatic heterocycles. The monoisotopic (exact) mass is 390 g/mol. The quantitative estimate of drug-likeness (QED) is 0.500. The van der Waals surface area contributed by atoms with Crippen LogP contribution >= 0.6 is 0 Å². The largest absolute Gasteiger partial charge is 0.481 e. The fourth-order valence-corrected chi connectivity index (χ4v) is 2.98. The first-order valence-corrected chi connectivity index (χ1v) is 8.83. The van der Waals surface area contributed by atoms with Gasteiger partial charge >= 0.3 is 5.97 Å². The molecular formula is C18H22N4O6. The highest BCUT2D eigenvalue weighted by atomic mass is 16.4. The lowest BCUT2D eigenvalue weighted by molar-refractivity contribution is -0.141. The van der Waals surface area contributed by atoms with Gasteiger partial charge in [0.25, 0.3) is 5.91 Å². The summed E-state index contributed by atoms with van der Waals surface area (Å²) in [6.07, 6.45) is 2.24. The Hall–Kier alpha value is -3.30. The molecule has 1 aliphatic rings. The molecule has 0 aliphatic carbocycles. The van der Waals surface area contributed by atoms with Crippen molar-refractivity contribution >= 4 is 30.0 Å². The van der Waals surface area contributed by atoms with Crippen molar-refractivity contribution in [2.75, 3.05) is 6.54 Å². The van der Waals surface area contributed by atoms with Gasteiger partial charge in [-0.15, -0.1) is 0 Å². The SMILES string of the molecule is CC(NC(=O)c1ccccn1)C(=O)N1CCCC1C(=O)NC(C=O)CC(=O)O. The molecule has 0 saturated carbocycles. The van der Waals surface area contributed by atoms with Crippen molar-refractivity contribution in [2.24, 2.45) is 0 Å². The highest BCUT2D eigenvalue weighted by molar-refractivity contribution is 5.97. The summed E-state index contributed by atoms with van der Waals surface area (Å²) >= 11 is 0. The van der Waals surface area contributed by atoms with Gasteiger partial charge in [-0.3, -0.25) is 24.2 Å². The number of pyridine rings is 1. The van der Waals surface area contributed by atoms with E-state index in [1.54, 1.807) is 12.1 Å². The average Bonchev–Trinajstić information content (AvgIpc) is 3.16. The van der Waals surface area contributed by atoms with Crippen LogP contribution in [0.5, 0.6) is 0 Å². The van der Waals surface area contributed by atoms with Crippen LogP contribution in [0.15, 0.2) is 24.4 Å². The van der Waals surface area contributed by atoms with E-state index in [1.807, 2.05) is 0 Å². The molecule has 3 atom stereocenters. The minimum absolute atomic E-state index is 0.167. The third-order valence-corrected chi connectivity index (χ3v) is 4.34. The molecule has 0 spiro atoms. The maximum absolute atomic E-state index is 12.7. The minimum atomic E-state index is -1.22. The van der Waals surface area contributed by atoms with Crippen LogP contribution in [0.3, 0.4) is 0 Å². The van der Waals surface area contributed by atoms with E-state index in [9.17, 15) is 24.0 Å². The Morgan fingerprint density at radius 2 is 2.07 bits per heavy atom. The topological polar surface area (TPSA) is 146 Å².